The molecule has 20 heavy (non-hydrogen) atoms. The fourth-order valence-electron chi connectivity index (χ4n) is 1.68. The number of nitrogens with one attached hydrogen (secondary N) is 1. The Bertz CT molecular complexity index is 557. The Hall–Kier alpha value is -1.60. The van der Waals surface area contributed by atoms with Crippen LogP contribution in [0.3, 0.4) is 0 Å². The average Bonchev–Trinajstić information content (AvgIpc) is 2.37. The zero-order valence-electron chi connectivity index (χ0n) is 11.6. The van der Waals surface area contributed by atoms with Crippen molar-refractivity contribution >= 4 is 15.7 Å². The Morgan fingerprint density at radius 1 is 1.45 bits per heavy atom. The SMILES string of the molecule is CCNC(CCOc1cccc(S(C)(=O)=O)c1)C(N)=O. The standard InChI is InChI=1S/C13H20N2O4S/c1-3-15-12(13(14)16)7-8-19-10-5-4-6-11(9-10)20(2,17)18/h4-6,9,12,15H,3,7-8H2,1-2H3,(H2,14,16). The molecule has 1 aromatic carbocycles. The van der Waals surface area contributed by atoms with Crippen molar-refractivity contribution in [3.63, 3.8) is 0 Å². The highest BCUT2D eigenvalue weighted by molar-refractivity contribution is 7.90. The predicted molar refractivity (Wildman–Crippen MR) is 76.3 cm³/mol. The molecule has 0 heterocycles. The van der Waals surface area contributed by atoms with Crippen LogP contribution in [0.2, 0.25) is 0 Å². The molecule has 0 bridgehead atoms. The highest BCUT2D eigenvalue weighted by Crippen LogP contribution is 2.17. The summed E-state index contributed by atoms with van der Waals surface area (Å²) >= 11 is 0. The monoisotopic (exact) mass is 300 g/mol. The number of primary amides is 1. The molecule has 0 fully saturated rings. The van der Waals surface area contributed by atoms with Gasteiger partial charge in [-0.3, -0.25) is 4.79 Å². The molecule has 1 aromatic rings. The number of ether oxygens (including phenoxy) is 1. The lowest BCUT2D eigenvalue weighted by Gasteiger charge is -2.14. The van der Waals surface area contributed by atoms with Gasteiger partial charge in [-0.1, -0.05) is 13.0 Å². The first-order valence-corrected chi connectivity index (χ1v) is 8.19. The molecule has 0 saturated heterocycles. The number of benzene rings is 1. The summed E-state index contributed by atoms with van der Waals surface area (Å²) in [6, 6.07) is 5.80. The molecule has 0 radical (unpaired) electrons. The Labute approximate surface area is 119 Å². The lowest BCUT2D eigenvalue weighted by atomic mass is 10.2. The third-order valence-corrected chi connectivity index (χ3v) is 3.81. The number of hydrogen-bond donors (Lipinski definition) is 2. The van der Waals surface area contributed by atoms with E-state index in [-0.39, 0.29) is 11.5 Å². The van der Waals surface area contributed by atoms with Gasteiger partial charge in [-0.2, -0.15) is 0 Å². The Balaban J connectivity index is 2.60. The highest BCUT2D eigenvalue weighted by Gasteiger charge is 2.14. The van der Waals surface area contributed by atoms with E-state index in [0.29, 0.717) is 18.7 Å². The van der Waals surface area contributed by atoms with Gasteiger partial charge >= 0.3 is 0 Å². The van der Waals surface area contributed by atoms with Crippen LogP contribution in [-0.2, 0) is 14.6 Å². The van der Waals surface area contributed by atoms with E-state index < -0.39 is 21.8 Å². The number of hydrogen-bond acceptors (Lipinski definition) is 5. The van der Waals surface area contributed by atoms with Crippen LogP contribution in [0.5, 0.6) is 5.75 Å². The van der Waals surface area contributed by atoms with Gasteiger partial charge in [-0.25, -0.2) is 8.42 Å². The summed E-state index contributed by atoms with van der Waals surface area (Å²) in [6.45, 7) is 2.79. The summed E-state index contributed by atoms with van der Waals surface area (Å²) in [5, 5.41) is 2.95. The van der Waals surface area contributed by atoms with Gasteiger partial charge in [0.05, 0.1) is 17.5 Å². The van der Waals surface area contributed by atoms with Gasteiger partial charge in [-0.05, 0) is 24.7 Å². The molecule has 1 unspecified atom stereocenters. The third kappa shape index (κ3) is 5.18. The second-order valence-corrected chi connectivity index (χ2v) is 6.41. The largest absolute Gasteiger partial charge is 0.493 e. The van der Waals surface area contributed by atoms with E-state index in [2.05, 4.69) is 5.32 Å². The van der Waals surface area contributed by atoms with Gasteiger partial charge in [0.1, 0.15) is 5.75 Å². The molecule has 1 rings (SSSR count). The van der Waals surface area contributed by atoms with Crippen LogP contribution in [0, 0.1) is 0 Å². The van der Waals surface area contributed by atoms with Crippen molar-refractivity contribution < 1.29 is 17.9 Å². The van der Waals surface area contributed by atoms with Crippen LogP contribution in [0.15, 0.2) is 29.2 Å². The van der Waals surface area contributed by atoms with Crippen molar-refractivity contribution in [2.45, 2.75) is 24.3 Å². The van der Waals surface area contributed by atoms with Crippen molar-refractivity contribution in [3.8, 4) is 5.75 Å². The highest BCUT2D eigenvalue weighted by atomic mass is 32.2. The van der Waals surface area contributed by atoms with Gasteiger partial charge in [0, 0.05) is 12.7 Å². The second-order valence-electron chi connectivity index (χ2n) is 4.40. The second kappa shape index (κ2) is 7.25. The molecule has 0 aromatic heterocycles. The van der Waals surface area contributed by atoms with Crippen molar-refractivity contribution in [1.82, 2.24) is 5.32 Å². The third-order valence-electron chi connectivity index (χ3n) is 2.70. The fraction of sp³-hybridized carbons (Fsp3) is 0.462. The minimum absolute atomic E-state index is 0.202. The summed E-state index contributed by atoms with van der Waals surface area (Å²) in [5.41, 5.74) is 5.25. The van der Waals surface area contributed by atoms with Crippen molar-refractivity contribution in [2.24, 2.45) is 5.73 Å². The molecular weight excluding hydrogens is 280 g/mol. The quantitative estimate of drug-likeness (QED) is 0.720. The molecule has 3 N–H and O–H groups in total. The van der Waals surface area contributed by atoms with Gasteiger partial charge in [0.25, 0.3) is 0 Å². The van der Waals surface area contributed by atoms with Crippen LogP contribution < -0.4 is 15.8 Å². The number of carbonyl (C=O) groups is 1. The fourth-order valence-corrected chi connectivity index (χ4v) is 2.34. The molecule has 6 nitrogen and oxygen atoms in total. The molecule has 0 spiro atoms. The molecule has 0 aliphatic heterocycles. The van der Waals surface area contributed by atoms with Gasteiger partial charge < -0.3 is 15.8 Å². The minimum atomic E-state index is -3.26. The van der Waals surface area contributed by atoms with E-state index in [4.69, 9.17) is 10.5 Å². The summed E-state index contributed by atoms with van der Waals surface area (Å²) < 4.78 is 28.3. The summed E-state index contributed by atoms with van der Waals surface area (Å²) in [6.07, 6.45) is 1.56. The molecule has 1 amide bonds. The number of sulfone groups is 1. The Morgan fingerprint density at radius 3 is 2.70 bits per heavy atom. The Morgan fingerprint density at radius 2 is 2.15 bits per heavy atom. The van der Waals surface area contributed by atoms with Crippen LogP contribution in [-0.4, -0.2) is 39.8 Å². The maximum absolute atomic E-state index is 11.4. The van der Waals surface area contributed by atoms with Crippen molar-refractivity contribution in [1.29, 1.82) is 0 Å². The van der Waals surface area contributed by atoms with Gasteiger partial charge in [0.2, 0.25) is 5.91 Å². The maximum Gasteiger partial charge on any atom is 0.234 e. The minimum Gasteiger partial charge on any atom is -0.493 e. The van der Waals surface area contributed by atoms with E-state index in [1.54, 1.807) is 12.1 Å². The van der Waals surface area contributed by atoms with Crippen LogP contribution in [0.25, 0.3) is 0 Å². The number of rotatable bonds is 8. The van der Waals surface area contributed by atoms with E-state index in [1.165, 1.54) is 12.1 Å². The molecule has 0 aliphatic carbocycles. The summed E-state index contributed by atoms with van der Waals surface area (Å²) in [7, 11) is -3.26. The van der Waals surface area contributed by atoms with E-state index in [0.717, 1.165) is 6.26 Å². The lowest BCUT2D eigenvalue weighted by molar-refractivity contribution is -0.120. The molecule has 7 heteroatoms. The average molecular weight is 300 g/mol. The first kappa shape index (κ1) is 16.5. The summed E-state index contributed by atoms with van der Waals surface area (Å²) in [5.74, 6) is 0.0213. The van der Waals surface area contributed by atoms with Crippen molar-refractivity contribution in [2.75, 3.05) is 19.4 Å². The molecule has 0 saturated carbocycles. The van der Waals surface area contributed by atoms with Crippen molar-refractivity contribution in [3.05, 3.63) is 24.3 Å². The predicted octanol–water partition coefficient (Wildman–Crippen LogP) is 0.322. The zero-order chi connectivity index (χ0) is 15.2. The molecular formula is C13H20N2O4S. The topological polar surface area (TPSA) is 98.5 Å². The van der Waals surface area contributed by atoms with Crippen LogP contribution in [0.4, 0.5) is 0 Å². The Kier molecular flexibility index (Phi) is 5.97. The molecule has 112 valence electrons. The number of carbonyl (C=O) groups excluding carboxylic acids is 1. The summed E-state index contributed by atoms with van der Waals surface area (Å²) in [4.78, 5) is 11.3. The van der Waals surface area contributed by atoms with E-state index in [9.17, 15) is 13.2 Å². The van der Waals surface area contributed by atoms with Gasteiger partial charge in [-0.15, -0.1) is 0 Å². The van der Waals surface area contributed by atoms with Gasteiger partial charge in [0.15, 0.2) is 9.84 Å². The number of nitrogens with two attached hydrogens (primary N) is 1. The smallest absolute Gasteiger partial charge is 0.234 e. The van der Waals surface area contributed by atoms with E-state index in [1.807, 2.05) is 6.92 Å². The van der Waals surface area contributed by atoms with Crippen LogP contribution >= 0.6 is 0 Å². The van der Waals surface area contributed by atoms with E-state index >= 15 is 0 Å². The normalized spacial score (nSPS) is 12.9. The first-order chi connectivity index (χ1) is 9.34. The first-order valence-electron chi connectivity index (χ1n) is 6.30. The number of amides is 1. The van der Waals surface area contributed by atoms with Crippen LogP contribution in [0.1, 0.15) is 13.3 Å². The lowest BCUT2D eigenvalue weighted by Crippen LogP contribution is -2.42. The number of likely N-dealkylation sites (N-methyl/N-ethyl adjacent to an activating group) is 1. The maximum atomic E-state index is 11.4. The molecule has 1 atom stereocenters. The molecule has 0 aliphatic rings. The zero-order valence-corrected chi connectivity index (χ0v) is 12.4.